The van der Waals surface area contributed by atoms with Crippen molar-refractivity contribution >= 4 is 5.69 Å². The molecule has 3 rings (SSSR count). The summed E-state index contributed by atoms with van der Waals surface area (Å²) in [6.07, 6.45) is 14.0. The summed E-state index contributed by atoms with van der Waals surface area (Å²) >= 11 is 0. The Morgan fingerprint density at radius 3 is 2.50 bits per heavy atom. The highest BCUT2D eigenvalue weighted by molar-refractivity contribution is 5.40. The van der Waals surface area contributed by atoms with Gasteiger partial charge in [-0.25, -0.2) is 0 Å². The van der Waals surface area contributed by atoms with Gasteiger partial charge in [0.25, 0.3) is 0 Å². The fourth-order valence-corrected chi connectivity index (χ4v) is 2.73. The van der Waals surface area contributed by atoms with Crippen LogP contribution in [0.2, 0.25) is 0 Å². The second kappa shape index (κ2) is 6.46. The van der Waals surface area contributed by atoms with E-state index in [0.717, 1.165) is 17.1 Å². The molecule has 1 aliphatic carbocycles. The van der Waals surface area contributed by atoms with Crippen LogP contribution in [0.25, 0.3) is 0 Å². The van der Waals surface area contributed by atoms with E-state index in [4.69, 9.17) is 0 Å². The summed E-state index contributed by atoms with van der Waals surface area (Å²) < 4.78 is 0. The molecule has 1 aliphatic rings. The molecule has 2 aromatic heterocycles. The molecule has 0 bridgehead atoms. The van der Waals surface area contributed by atoms with Crippen LogP contribution in [0, 0.1) is 0 Å². The molecule has 0 unspecified atom stereocenters. The highest BCUT2D eigenvalue weighted by Gasteiger charge is 2.16. The number of nitrogens with one attached hydrogen (secondary N) is 1. The van der Waals surface area contributed by atoms with Crippen LogP contribution in [0.5, 0.6) is 0 Å². The van der Waals surface area contributed by atoms with Crippen LogP contribution >= 0.6 is 0 Å². The SMILES string of the molecule is c1cc(NCc2cnc(C3CCCCC3)cn2)ccn1. The van der Waals surface area contributed by atoms with Crippen molar-refractivity contribution in [3.63, 3.8) is 0 Å². The molecule has 2 aromatic rings. The molecule has 0 saturated heterocycles. The third-order valence-corrected chi connectivity index (χ3v) is 3.90. The van der Waals surface area contributed by atoms with Gasteiger partial charge in [0.15, 0.2) is 0 Å². The second-order valence-electron chi connectivity index (χ2n) is 5.36. The molecular formula is C16H20N4. The topological polar surface area (TPSA) is 50.7 Å². The minimum Gasteiger partial charge on any atom is -0.379 e. The Labute approximate surface area is 119 Å². The maximum absolute atomic E-state index is 4.60. The van der Waals surface area contributed by atoms with Gasteiger partial charge in [0.2, 0.25) is 0 Å². The molecule has 1 N–H and O–H groups in total. The number of hydrogen-bond donors (Lipinski definition) is 1. The van der Waals surface area contributed by atoms with Gasteiger partial charge in [0.1, 0.15) is 0 Å². The summed E-state index contributed by atoms with van der Waals surface area (Å²) in [5.41, 5.74) is 3.19. The summed E-state index contributed by atoms with van der Waals surface area (Å²) in [5, 5.41) is 3.32. The van der Waals surface area contributed by atoms with Crippen molar-refractivity contribution in [3.8, 4) is 0 Å². The molecule has 0 aromatic carbocycles. The summed E-state index contributed by atoms with van der Waals surface area (Å²) in [7, 11) is 0. The summed E-state index contributed by atoms with van der Waals surface area (Å²) in [6.45, 7) is 0.696. The first-order chi connectivity index (χ1) is 9.92. The van der Waals surface area contributed by atoms with Gasteiger partial charge in [0.05, 0.1) is 24.1 Å². The minimum absolute atomic E-state index is 0.624. The van der Waals surface area contributed by atoms with Crippen LogP contribution < -0.4 is 5.32 Å². The van der Waals surface area contributed by atoms with Crippen LogP contribution in [-0.4, -0.2) is 15.0 Å². The lowest BCUT2D eigenvalue weighted by molar-refractivity contribution is 0.435. The van der Waals surface area contributed by atoms with Crippen molar-refractivity contribution in [3.05, 3.63) is 48.3 Å². The average Bonchev–Trinajstić information content (AvgIpc) is 2.55. The smallest absolute Gasteiger partial charge is 0.0777 e. The Morgan fingerprint density at radius 1 is 1.00 bits per heavy atom. The molecule has 4 nitrogen and oxygen atoms in total. The highest BCUT2D eigenvalue weighted by Crippen LogP contribution is 2.30. The van der Waals surface area contributed by atoms with Crippen molar-refractivity contribution in [2.24, 2.45) is 0 Å². The molecule has 1 saturated carbocycles. The summed E-state index contributed by atoms with van der Waals surface area (Å²) in [5.74, 6) is 0.624. The van der Waals surface area contributed by atoms with E-state index >= 15 is 0 Å². The zero-order chi connectivity index (χ0) is 13.6. The predicted octanol–water partition coefficient (Wildman–Crippen LogP) is 3.53. The lowest BCUT2D eigenvalue weighted by atomic mass is 9.87. The molecular weight excluding hydrogens is 248 g/mol. The van der Waals surface area contributed by atoms with Crippen LogP contribution in [0.4, 0.5) is 5.69 Å². The van der Waals surface area contributed by atoms with Gasteiger partial charge in [-0.1, -0.05) is 19.3 Å². The van der Waals surface area contributed by atoms with Crippen molar-refractivity contribution in [2.75, 3.05) is 5.32 Å². The molecule has 0 spiro atoms. The van der Waals surface area contributed by atoms with E-state index in [0.29, 0.717) is 12.5 Å². The third kappa shape index (κ3) is 3.32. The fraction of sp³-hybridized carbons (Fsp3) is 0.438. The van der Waals surface area contributed by atoms with Crippen LogP contribution in [0.1, 0.15) is 49.4 Å². The van der Waals surface area contributed by atoms with Crippen molar-refractivity contribution in [2.45, 2.75) is 44.6 Å². The Morgan fingerprint density at radius 2 is 1.80 bits per heavy atom. The maximum atomic E-state index is 4.60. The zero-order valence-electron chi connectivity index (χ0n) is 11.6. The van der Waals surface area contributed by atoms with Crippen LogP contribution in [0.3, 0.4) is 0 Å². The van der Waals surface area contributed by atoms with E-state index in [-0.39, 0.29) is 0 Å². The maximum Gasteiger partial charge on any atom is 0.0777 e. The van der Waals surface area contributed by atoms with Crippen molar-refractivity contribution < 1.29 is 0 Å². The van der Waals surface area contributed by atoms with Gasteiger partial charge in [-0.3, -0.25) is 15.0 Å². The Balaban J connectivity index is 1.58. The number of anilines is 1. The van der Waals surface area contributed by atoms with Crippen molar-refractivity contribution in [1.82, 2.24) is 15.0 Å². The van der Waals surface area contributed by atoms with E-state index in [2.05, 4.69) is 20.3 Å². The van der Waals surface area contributed by atoms with E-state index in [1.54, 1.807) is 12.4 Å². The molecule has 20 heavy (non-hydrogen) atoms. The Kier molecular flexibility index (Phi) is 4.21. The summed E-state index contributed by atoms with van der Waals surface area (Å²) in [6, 6.07) is 3.90. The number of hydrogen-bond acceptors (Lipinski definition) is 4. The van der Waals surface area contributed by atoms with Gasteiger partial charge in [0, 0.05) is 30.2 Å². The lowest BCUT2D eigenvalue weighted by Gasteiger charge is -2.20. The number of rotatable bonds is 4. The van der Waals surface area contributed by atoms with Crippen LogP contribution in [0.15, 0.2) is 36.9 Å². The molecule has 104 valence electrons. The van der Waals surface area contributed by atoms with Gasteiger partial charge >= 0.3 is 0 Å². The van der Waals surface area contributed by atoms with E-state index in [1.807, 2.05) is 24.5 Å². The highest BCUT2D eigenvalue weighted by atomic mass is 14.9. The standard InChI is InChI=1S/C16H20N4/c1-2-4-13(5-3-1)16-12-19-15(11-20-16)10-18-14-6-8-17-9-7-14/h6-9,11-13H,1-5,10H2,(H,17,18). The average molecular weight is 268 g/mol. The van der Waals surface area contributed by atoms with Crippen molar-refractivity contribution in [1.29, 1.82) is 0 Å². The number of aromatic nitrogens is 3. The first-order valence-corrected chi connectivity index (χ1v) is 7.36. The lowest BCUT2D eigenvalue weighted by Crippen LogP contribution is -2.09. The second-order valence-corrected chi connectivity index (χ2v) is 5.36. The Hall–Kier alpha value is -1.97. The quantitative estimate of drug-likeness (QED) is 0.921. The van der Waals surface area contributed by atoms with Gasteiger partial charge < -0.3 is 5.32 Å². The fourth-order valence-electron chi connectivity index (χ4n) is 2.73. The molecule has 0 aliphatic heterocycles. The number of nitrogens with zero attached hydrogens (tertiary/aromatic N) is 3. The van der Waals surface area contributed by atoms with E-state index in [9.17, 15) is 0 Å². The summed E-state index contributed by atoms with van der Waals surface area (Å²) in [4.78, 5) is 13.1. The zero-order valence-corrected chi connectivity index (χ0v) is 11.6. The first kappa shape index (κ1) is 13.0. The van der Waals surface area contributed by atoms with E-state index in [1.165, 1.54) is 32.1 Å². The molecule has 0 amide bonds. The molecule has 4 heteroatoms. The molecule has 0 radical (unpaired) electrons. The van der Waals surface area contributed by atoms with E-state index < -0.39 is 0 Å². The third-order valence-electron chi connectivity index (χ3n) is 3.90. The largest absolute Gasteiger partial charge is 0.379 e. The molecule has 2 heterocycles. The number of pyridine rings is 1. The van der Waals surface area contributed by atoms with Crippen LogP contribution in [-0.2, 0) is 6.54 Å². The predicted molar refractivity (Wildman–Crippen MR) is 79.4 cm³/mol. The first-order valence-electron chi connectivity index (χ1n) is 7.36. The molecule has 1 fully saturated rings. The monoisotopic (exact) mass is 268 g/mol. The molecule has 0 atom stereocenters. The van der Waals surface area contributed by atoms with Gasteiger partial charge in [-0.2, -0.15) is 0 Å². The Bertz CT molecular complexity index is 518. The van der Waals surface area contributed by atoms with Gasteiger partial charge in [-0.15, -0.1) is 0 Å². The minimum atomic E-state index is 0.624. The normalized spacial score (nSPS) is 16.0. The van der Waals surface area contributed by atoms with Gasteiger partial charge in [-0.05, 0) is 25.0 Å².